The van der Waals surface area contributed by atoms with Crippen LogP contribution in [0.5, 0.6) is 0 Å². The fraction of sp³-hybridized carbons (Fsp3) is 0.550. The summed E-state index contributed by atoms with van der Waals surface area (Å²) in [7, 11) is 0. The highest BCUT2D eigenvalue weighted by Crippen LogP contribution is 2.35. The lowest BCUT2D eigenvalue weighted by molar-refractivity contribution is 0.119. The van der Waals surface area contributed by atoms with Gasteiger partial charge in [0.05, 0.1) is 12.6 Å². The van der Waals surface area contributed by atoms with Crippen molar-refractivity contribution in [3.05, 3.63) is 47.0 Å². The lowest BCUT2D eigenvalue weighted by Crippen LogP contribution is -2.47. The number of likely N-dealkylation sites (tertiary alicyclic amines) is 1. The molecule has 2 unspecified atom stereocenters. The molecule has 0 spiro atoms. The molecule has 0 radical (unpaired) electrons. The third-order valence-electron chi connectivity index (χ3n) is 5.70. The molecule has 1 fully saturated rings. The normalized spacial score (nSPS) is 22.3. The van der Waals surface area contributed by atoms with Crippen LogP contribution >= 0.6 is 0 Å². The van der Waals surface area contributed by atoms with Crippen molar-refractivity contribution < 1.29 is 4.79 Å². The van der Waals surface area contributed by atoms with E-state index in [0.717, 1.165) is 50.4 Å². The van der Waals surface area contributed by atoms with Crippen LogP contribution in [0.3, 0.4) is 0 Å². The molecule has 2 aliphatic heterocycles. The quantitative estimate of drug-likeness (QED) is 0.921. The Kier molecular flexibility index (Phi) is 4.66. The number of hydrogen-bond acceptors (Lipinski definition) is 3. The average molecular weight is 353 g/mol. The molecule has 26 heavy (non-hydrogen) atoms. The summed E-state index contributed by atoms with van der Waals surface area (Å²) in [5, 5.41) is 11.5. The third kappa shape index (κ3) is 3.20. The molecule has 138 valence electrons. The molecule has 0 aliphatic carbocycles. The summed E-state index contributed by atoms with van der Waals surface area (Å²) in [5.74, 6) is 2.36. The molecule has 3 heterocycles. The van der Waals surface area contributed by atoms with Crippen LogP contribution < -0.4 is 5.32 Å². The Morgan fingerprint density at radius 2 is 2.00 bits per heavy atom. The zero-order chi connectivity index (χ0) is 18.1. The number of carbonyl (C=O) groups is 1. The number of aromatic nitrogens is 3. The summed E-state index contributed by atoms with van der Waals surface area (Å²) in [6, 6.07) is 8.71. The fourth-order valence-corrected chi connectivity index (χ4v) is 4.29. The molecule has 1 aromatic carbocycles. The molecule has 2 aromatic rings. The summed E-state index contributed by atoms with van der Waals surface area (Å²) in [6.07, 6.45) is 4.31. The minimum atomic E-state index is -0.00234. The van der Waals surface area contributed by atoms with Gasteiger partial charge in [0.1, 0.15) is 5.82 Å². The summed E-state index contributed by atoms with van der Waals surface area (Å²) in [6.45, 7) is 6.54. The van der Waals surface area contributed by atoms with E-state index in [1.807, 2.05) is 4.90 Å². The number of nitrogens with one attached hydrogen (secondary N) is 1. The van der Waals surface area contributed by atoms with Crippen LogP contribution in [-0.2, 0) is 19.5 Å². The Labute approximate surface area is 154 Å². The number of carbonyl (C=O) groups excluding carboxylic acids is 1. The number of benzene rings is 1. The van der Waals surface area contributed by atoms with E-state index in [2.05, 4.69) is 58.2 Å². The van der Waals surface area contributed by atoms with Gasteiger partial charge in [0.25, 0.3) is 0 Å². The second-order valence-corrected chi connectivity index (χ2v) is 7.61. The number of hydrogen-bond donors (Lipinski definition) is 1. The molecule has 2 amide bonds. The van der Waals surface area contributed by atoms with Crippen molar-refractivity contribution in [1.82, 2.24) is 25.0 Å². The lowest BCUT2D eigenvalue weighted by Gasteiger charge is -2.40. The second kappa shape index (κ2) is 7.09. The fourth-order valence-electron chi connectivity index (χ4n) is 4.29. The van der Waals surface area contributed by atoms with Crippen molar-refractivity contribution in [3.8, 4) is 0 Å². The summed E-state index contributed by atoms with van der Waals surface area (Å²) < 4.78 is 2.14. The standard InChI is InChI=1S/C20H27N5O/c1-14-7-9-16(10-8-14)19-15(2)5-3-12-25(19)20(26)21-13-18-23-22-17-6-4-11-24(17)18/h7-10,15,19H,3-6,11-13H2,1-2H3,(H,21,26). The summed E-state index contributed by atoms with van der Waals surface area (Å²) >= 11 is 0. The number of amides is 2. The Morgan fingerprint density at radius 1 is 1.19 bits per heavy atom. The van der Waals surface area contributed by atoms with Gasteiger partial charge in [-0.2, -0.15) is 0 Å². The minimum Gasteiger partial charge on any atom is -0.331 e. The molecule has 6 nitrogen and oxygen atoms in total. The van der Waals surface area contributed by atoms with Gasteiger partial charge in [-0.25, -0.2) is 4.79 Å². The van der Waals surface area contributed by atoms with Gasteiger partial charge in [-0.05, 0) is 37.7 Å². The number of nitrogens with zero attached hydrogens (tertiary/aromatic N) is 4. The summed E-state index contributed by atoms with van der Waals surface area (Å²) in [5.41, 5.74) is 2.47. The van der Waals surface area contributed by atoms with E-state index in [1.165, 1.54) is 11.1 Å². The first-order chi connectivity index (χ1) is 12.6. The molecule has 1 saturated heterocycles. The number of rotatable bonds is 3. The molecular weight excluding hydrogens is 326 g/mol. The van der Waals surface area contributed by atoms with E-state index in [9.17, 15) is 4.79 Å². The number of aryl methyl sites for hydroxylation is 2. The Morgan fingerprint density at radius 3 is 2.81 bits per heavy atom. The van der Waals surface area contributed by atoms with Crippen molar-refractivity contribution in [2.45, 2.75) is 58.7 Å². The maximum absolute atomic E-state index is 12.9. The van der Waals surface area contributed by atoms with Gasteiger partial charge in [0.15, 0.2) is 5.82 Å². The topological polar surface area (TPSA) is 63.1 Å². The van der Waals surface area contributed by atoms with Crippen molar-refractivity contribution in [2.24, 2.45) is 5.92 Å². The molecule has 4 rings (SSSR count). The van der Waals surface area contributed by atoms with Crippen molar-refractivity contribution in [1.29, 1.82) is 0 Å². The SMILES string of the molecule is Cc1ccc(C2C(C)CCCN2C(=O)NCc2nnc3n2CCC3)cc1. The smallest absolute Gasteiger partial charge is 0.318 e. The van der Waals surface area contributed by atoms with Crippen LogP contribution in [0, 0.1) is 12.8 Å². The van der Waals surface area contributed by atoms with Crippen molar-refractivity contribution in [3.63, 3.8) is 0 Å². The zero-order valence-electron chi connectivity index (χ0n) is 15.6. The summed E-state index contributed by atoms with van der Waals surface area (Å²) in [4.78, 5) is 14.9. The van der Waals surface area contributed by atoms with Gasteiger partial charge < -0.3 is 14.8 Å². The average Bonchev–Trinajstić information content (AvgIpc) is 3.24. The van der Waals surface area contributed by atoms with Crippen LogP contribution in [0.15, 0.2) is 24.3 Å². The van der Waals surface area contributed by atoms with Crippen molar-refractivity contribution >= 4 is 6.03 Å². The van der Waals surface area contributed by atoms with E-state index in [1.54, 1.807) is 0 Å². The van der Waals surface area contributed by atoms with Crippen LogP contribution in [0.25, 0.3) is 0 Å². The molecule has 6 heteroatoms. The maximum Gasteiger partial charge on any atom is 0.318 e. The monoisotopic (exact) mass is 353 g/mol. The molecule has 0 saturated carbocycles. The van der Waals surface area contributed by atoms with E-state index in [-0.39, 0.29) is 12.1 Å². The third-order valence-corrected chi connectivity index (χ3v) is 5.70. The first-order valence-electron chi connectivity index (χ1n) is 9.65. The van der Waals surface area contributed by atoms with Gasteiger partial charge in [-0.15, -0.1) is 10.2 Å². The molecule has 0 bridgehead atoms. The van der Waals surface area contributed by atoms with Gasteiger partial charge in [0.2, 0.25) is 0 Å². The van der Waals surface area contributed by atoms with Gasteiger partial charge in [-0.1, -0.05) is 36.8 Å². The van der Waals surface area contributed by atoms with Crippen LogP contribution in [-0.4, -0.2) is 32.2 Å². The van der Waals surface area contributed by atoms with Gasteiger partial charge in [0, 0.05) is 19.5 Å². The highest BCUT2D eigenvalue weighted by atomic mass is 16.2. The number of fused-ring (bicyclic) bond motifs is 1. The molecular formula is C20H27N5O. The van der Waals surface area contributed by atoms with Crippen LogP contribution in [0.1, 0.15) is 55.0 Å². The van der Waals surface area contributed by atoms with Crippen molar-refractivity contribution in [2.75, 3.05) is 6.54 Å². The number of urea groups is 1. The highest BCUT2D eigenvalue weighted by Gasteiger charge is 2.33. The largest absolute Gasteiger partial charge is 0.331 e. The molecule has 2 atom stereocenters. The predicted octanol–water partition coefficient (Wildman–Crippen LogP) is 3.22. The molecule has 1 N–H and O–H groups in total. The molecule has 2 aliphatic rings. The Balaban J connectivity index is 1.48. The minimum absolute atomic E-state index is 0.00234. The predicted molar refractivity (Wildman–Crippen MR) is 99.6 cm³/mol. The first-order valence-corrected chi connectivity index (χ1v) is 9.65. The van der Waals surface area contributed by atoms with Gasteiger partial charge >= 0.3 is 6.03 Å². The molecule has 1 aromatic heterocycles. The Hall–Kier alpha value is -2.37. The van der Waals surface area contributed by atoms with E-state index in [0.29, 0.717) is 12.5 Å². The first kappa shape index (κ1) is 17.1. The van der Waals surface area contributed by atoms with Crippen LogP contribution in [0.2, 0.25) is 0 Å². The van der Waals surface area contributed by atoms with Gasteiger partial charge in [-0.3, -0.25) is 0 Å². The number of piperidine rings is 1. The highest BCUT2D eigenvalue weighted by molar-refractivity contribution is 5.75. The Bertz CT molecular complexity index is 782. The van der Waals surface area contributed by atoms with Crippen LogP contribution in [0.4, 0.5) is 4.79 Å². The van der Waals surface area contributed by atoms with E-state index >= 15 is 0 Å². The lowest BCUT2D eigenvalue weighted by atomic mass is 9.86. The zero-order valence-corrected chi connectivity index (χ0v) is 15.6. The van der Waals surface area contributed by atoms with E-state index < -0.39 is 0 Å². The second-order valence-electron chi connectivity index (χ2n) is 7.61. The van der Waals surface area contributed by atoms with E-state index in [4.69, 9.17) is 0 Å². The maximum atomic E-state index is 12.9.